The zero-order valence-electron chi connectivity index (χ0n) is 22.1. The summed E-state index contributed by atoms with van der Waals surface area (Å²) in [5.41, 5.74) is 0.352. The Kier molecular flexibility index (Phi) is 8.31. The molecule has 0 unspecified atom stereocenters. The first-order valence-corrected chi connectivity index (χ1v) is 13.1. The molecule has 0 radical (unpaired) electrons. The molecule has 2 saturated carbocycles. The van der Waals surface area contributed by atoms with Gasteiger partial charge in [0.2, 0.25) is 11.8 Å². The molecule has 0 aliphatic heterocycles. The van der Waals surface area contributed by atoms with Crippen LogP contribution in [-0.2, 0) is 16.0 Å². The van der Waals surface area contributed by atoms with Gasteiger partial charge in [-0.3, -0.25) is 19.1 Å². The molecular formula is C27H33F4N5O3. The van der Waals surface area contributed by atoms with Crippen molar-refractivity contribution in [3.05, 3.63) is 47.5 Å². The quantitative estimate of drug-likeness (QED) is 0.406. The molecule has 1 heterocycles. The highest BCUT2D eigenvalue weighted by Gasteiger charge is 2.48. The number of benzene rings is 1. The molecule has 3 amide bonds. The fraction of sp³-hybridized carbons (Fsp3) is 0.556. The molecule has 1 aromatic carbocycles. The summed E-state index contributed by atoms with van der Waals surface area (Å²) in [6.45, 7) is 2.37. The number of carbonyl (C=O) groups excluding carboxylic acids is 3. The maximum absolute atomic E-state index is 14.9. The second kappa shape index (κ2) is 11.4. The lowest BCUT2D eigenvalue weighted by Gasteiger charge is -2.28. The van der Waals surface area contributed by atoms with Crippen LogP contribution in [0.5, 0.6) is 0 Å². The molecule has 2 N–H and O–H groups in total. The molecule has 2 aliphatic rings. The van der Waals surface area contributed by atoms with Crippen molar-refractivity contribution in [3.8, 4) is 0 Å². The van der Waals surface area contributed by atoms with E-state index < -0.39 is 48.7 Å². The van der Waals surface area contributed by atoms with E-state index in [0.717, 1.165) is 38.8 Å². The van der Waals surface area contributed by atoms with E-state index in [-0.39, 0.29) is 23.2 Å². The van der Waals surface area contributed by atoms with E-state index >= 15 is 0 Å². The molecule has 212 valence electrons. The molecule has 0 spiro atoms. The van der Waals surface area contributed by atoms with Gasteiger partial charge in [-0.05, 0) is 81.0 Å². The van der Waals surface area contributed by atoms with E-state index in [1.807, 2.05) is 13.8 Å². The number of hydrogen-bond donors (Lipinski definition) is 2. The Morgan fingerprint density at radius 1 is 1.10 bits per heavy atom. The highest BCUT2D eigenvalue weighted by atomic mass is 19.4. The van der Waals surface area contributed by atoms with Gasteiger partial charge < -0.3 is 15.5 Å². The lowest BCUT2D eigenvalue weighted by atomic mass is 9.88. The minimum absolute atomic E-state index is 0.0663. The summed E-state index contributed by atoms with van der Waals surface area (Å²) >= 11 is 0. The molecule has 0 bridgehead atoms. The zero-order chi connectivity index (χ0) is 28.5. The van der Waals surface area contributed by atoms with Crippen LogP contribution in [0.1, 0.15) is 61.6 Å². The first-order valence-electron chi connectivity index (χ1n) is 13.1. The molecule has 2 aromatic rings. The molecule has 1 atom stereocenters. The zero-order valence-corrected chi connectivity index (χ0v) is 22.1. The molecule has 2 aliphatic carbocycles. The fourth-order valence-electron chi connectivity index (χ4n) is 5.00. The van der Waals surface area contributed by atoms with E-state index in [1.54, 1.807) is 10.7 Å². The lowest BCUT2D eigenvalue weighted by molar-refractivity contribution is -0.157. The minimum atomic E-state index is -4.54. The normalized spacial score (nSPS) is 16.3. The fourth-order valence-corrected chi connectivity index (χ4v) is 5.00. The first-order chi connectivity index (χ1) is 18.3. The van der Waals surface area contributed by atoms with E-state index in [4.69, 9.17) is 0 Å². The third-order valence-corrected chi connectivity index (χ3v) is 7.17. The summed E-state index contributed by atoms with van der Waals surface area (Å²) in [6, 6.07) is 4.30. The monoisotopic (exact) mass is 551 g/mol. The van der Waals surface area contributed by atoms with Crippen LogP contribution in [0.2, 0.25) is 0 Å². The van der Waals surface area contributed by atoms with Gasteiger partial charge in [-0.1, -0.05) is 6.07 Å². The largest absolute Gasteiger partial charge is 0.406 e. The van der Waals surface area contributed by atoms with Crippen molar-refractivity contribution >= 4 is 23.4 Å². The number of anilines is 1. The van der Waals surface area contributed by atoms with Crippen molar-refractivity contribution < 1.29 is 31.9 Å². The van der Waals surface area contributed by atoms with E-state index in [9.17, 15) is 31.9 Å². The van der Waals surface area contributed by atoms with Crippen LogP contribution in [0.4, 0.5) is 23.2 Å². The van der Waals surface area contributed by atoms with Gasteiger partial charge in [0.1, 0.15) is 24.1 Å². The van der Waals surface area contributed by atoms with Crippen LogP contribution in [0, 0.1) is 23.6 Å². The Morgan fingerprint density at radius 3 is 2.28 bits per heavy atom. The van der Waals surface area contributed by atoms with Crippen molar-refractivity contribution in [3.63, 3.8) is 0 Å². The van der Waals surface area contributed by atoms with Crippen LogP contribution in [-0.4, -0.2) is 58.2 Å². The Balaban J connectivity index is 1.48. The number of nitrogens with zero attached hydrogens (tertiary/aromatic N) is 3. The highest BCUT2D eigenvalue weighted by Crippen LogP contribution is 2.51. The average molecular weight is 552 g/mol. The summed E-state index contributed by atoms with van der Waals surface area (Å²) < 4.78 is 54.2. The SMILES string of the molecule is CC(C)n1nccc1C(=O)N[C@H](C(=O)Nc1ccc(CC(=O)N(C)CC(F)(F)F)cc1F)C(C1CC1)C1CC1. The van der Waals surface area contributed by atoms with Crippen molar-refractivity contribution in [2.45, 2.75) is 64.2 Å². The smallest absolute Gasteiger partial charge is 0.339 e. The number of halogens is 4. The van der Waals surface area contributed by atoms with Crippen LogP contribution >= 0.6 is 0 Å². The highest BCUT2D eigenvalue weighted by molar-refractivity contribution is 6.01. The Labute approximate surface area is 224 Å². The number of amides is 3. The third-order valence-electron chi connectivity index (χ3n) is 7.17. The van der Waals surface area contributed by atoms with E-state index in [1.165, 1.54) is 18.3 Å². The first kappa shape index (κ1) is 28.6. The number of hydrogen-bond acceptors (Lipinski definition) is 4. The molecule has 4 rings (SSSR count). The van der Waals surface area contributed by atoms with Gasteiger partial charge in [0.05, 0.1) is 12.1 Å². The van der Waals surface area contributed by atoms with Crippen LogP contribution in [0.15, 0.2) is 30.5 Å². The second-order valence-corrected chi connectivity index (χ2v) is 10.8. The predicted octanol–water partition coefficient (Wildman–Crippen LogP) is 4.34. The number of aromatic nitrogens is 2. The molecule has 8 nitrogen and oxygen atoms in total. The Hall–Kier alpha value is -3.44. The van der Waals surface area contributed by atoms with Gasteiger partial charge >= 0.3 is 6.18 Å². The second-order valence-electron chi connectivity index (χ2n) is 10.8. The van der Waals surface area contributed by atoms with Gasteiger partial charge in [-0.15, -0.1) is 0 Å². The maximum atomic E-state index is 14.9. The van der Waals surface area contributed by atoms with Gasteiger partial charge in [0.15, 0.2) is 0 Å². The summed E-state index contributed by atoms with van der Waals surface area (Å²) in [7, 11) is 1.03. The summed E-state index contributed by atoms with van der Waals surface area (Å²) in [5.74, 6) is -2.10. The Bertz CT molecular complexity index is 1210. The summed E-state index contributed by atoms with van der Waals surface area (Å²) in [6.07, 6.45) is 0.407. The molecule has 39 heavy (non-hydrogen) atoms. The van der Waals surface area contributed by atoms with Crippen molar-refractivity contribution in [2.24, 2.45) is 17.8 Å². The summed E-state index contributed by atoms with van der Waals surface area (Å²) in [5, 5.41) is 9.66. The average Bonchev–Trinajstić information content (AvgIpc) is 3.78. The molecule has 1 aromatic heterocycles. The molecular weight excluding hydrogens is 518 g/mol. The van der Waals surface area contributed by atoms with Crippen LogP contribution in [0.3, 0.4) is 0 Å². The molecule has 2 fully saturated rings. The van der Waals surface area contributed by atoms with Gasteiger partial charge in [0, 0.05) is 19.3 Å². The Morgan fingerprint density at radius 2 is 1.74 bits per heavy atom. The molecule has 0 saturated heterocycles. The predicted molar refractivity (Wildman–Crippen MR) is 135 cm³/mol. The molecule has 12 heteroatoms. The third kappa shape index (κ3) is 7.36. The van der Waals surface area contributed by atoms with Gasteiger partial charge in [0.25, 0.3) is 5.91 Å². The maximum Gasteiger partial charge on any atom is 0.406 e. The van der Waals surface area contributed by atoms with Crippen molar-refractivity contribution in [1.82, 2.24) is 20.0 Å². The number of carbonyl (C=O) groups is 3. The number of likely N-dealkylation sites (N-methyl/N-ethyl adjacent to an activating group) is 1. The number of nitrogens with one attached hydrogen (secondary N) is 2. The standard InChI is InChI=1S/C27H33F4N5O3/c1-15(2)36-21(10-11-32-36)25(38)34-24(23(17-5-6-17)18-7-8-18)26(39)33-20-9-4-16(12-19(20)28)13-22(37)35(3)14-27(29,30)31/h4,9-12,15,17-18,23-24H,5-8,13-14H2,1-3H3,(H,33,39)(H,34,38)/t24-/m0/s1. The lowest BCUT2D eigenvalue weighted by Crippen LogP contribution is -2.50. The number of rotatable bonds is 11. The van der Waals surface area contributed by atoms with Crippen LogP contribution in [0.25, 0.3) is 0 Å². The van der Waals surface area contributed by atoms with Crippen molar-refractivity contribution in [2.75, 3.05) is 18.9 Å². The van der Waals surface area contributed by atoms with E-state index in [0.29, 0.717) is 22.4 Å². The van der Waals surface area contributed by atoms with Crippen molar-refractivity contribution in [1.29, 1.82) is 0 Å². The van der Waals surface area contributed by atoms with E-state index in [2.05, 4.69) is 15.7 Å². The van der Waals surface area contributed by atoms with Crippen LogP contribution < -0.4 is 10.6 Å². The summed E-state index contributed by atoms with van der Waals surface area (Å²) in [4.78, 5) is 39.4. The topological polar surface area (TPSA) is 96.3 Å². The minimum Gasteiger partial charge on any atom is -0.339 e. The van der Waals surface area contributed by atoms with Gasteiger partial charge in [-0.25, -0.2) is 4.39 Å². The number of alkyl halides is 3. The van der Waals surface area contributed by atoms with Gasteiger partial charge in [-0.2, -0.15) is 18.3 Å².